The molecule has 14 atom stereocenters. The van der Waals surface area contributed by atoms with Crippen LogP contribution in [0.2, 0.25) is 0 Å². The van der Waals surface area contributed by atoms with E-state index >= 15 is 0 Å². The van der Waals surface area contributed by atoms with Gasteiger partial charge in [-0.25, -0.2) is 0 Å². The average Bonchev–Trinajstić information content (AvgIpc) is 0.878. The van der Waals surface area contributed by atoms with Crippen molar-refractivity contribution < 1.29 is 107 Å². The molecule has 0 aromatic carbocycles. The molecule has 0 heterocycles. The first-order chi connectivity index (χ1) is 46.9. The number of nitrogens with zero attached hydrogens (tertiary/aromatic N) is 3. The lowest BCUT2D eigenvalue weighted by Gasteiger charge is -2.26. The first-order valence-electron chi connectivity index (χ1n) is 30.9. The molecule has 0 aliphatic carbocycles. The normalized spacial score (nSPS) is 14.9. The van der Waals surface area contributed by atoms with Gasteiger partial charge in [-0.05, 0) is 87.0 Å². The molecule has 566 valence electrons. The molecule has 14 amide bonds. The van der Waals surface area contributed by atoms with Gasteiger partial charge in [0, 0.05) is 19.6 Å². The molecule has 0 bridgehead atoms. The van der Waals surface area contributed by atoms with E-state index in [2.05, 4.69) is 84.1 Å². The lowest BCUT2D eigenvalue weighted by molar-refractivity contribution is -0.142. The summed E-state index contributed by atoms with van der Waals surface area (Å²) in [7, 11) is 0. The number of hydrogen-bond donors (Lipinski definition) is 25. The van der Waals surface area contributed by atoms with Crippen molar-refractivity contribution in [2.24, 2.45) is 60.8 Å². The summed E-state index contributed by atoms with van der Waals surface area (Å²) in [6, 6.07) is -22.6. The summed E-state index contributed by atoms with van der Waals surface area (Å²) in [4.78, 5) is 243. The molecular formula is C55H94N24O22. The fourth-order valence-corrected chi connectivity index (χ4v) is 8.20. The van der Waals surface area contributed by atoms with Crippen molar-refractivity contribution in [1.82, 2.24) is 69.1 Å². The molecule has 0 aliphatic rings. The molecular weight excluding hydrogens is 1350 g/mol. The van der Waals surface area contributed by atoms with Crippen molar-refractivity contribution >= 4 is 124 Å². The van der Waals surface area contributed by atoms with E-state index in [-0.39, 0.29) is 76.0 Å². The first kappa shape index (κ1) is 89.2. The molecule has 0 saturated heterocycles. The third kappa shape index (κ3) is 37.0. The van der Waals surface area contributed by atoms with Crippen molar-refractivity contribution in [3.8, 4) is 0 Å². The van der Waals surface area contributed by atoms with Crippen LogP contribution < -0.4 is 115 Å². The topological polar surface area (TPSA) is 790 Å². The molecule has 0 saturated carbocycles. The van der Waals surface area contributed by atoms with Gasteiger partial charge in [0.2, 0.25) is 82.7 Å². The highest BCUT2D eigenvalue weighted by molar-refractivity contribution is 6.01. The maximum atomic E-state index is 13.9. The Kier molecular flexibility index (Phi) is 39.7. The zero-order valence-electron chi connectivity index (χ0n) is 56.4. The second kappa shape index (κ2) is 44.9. The molecule has 46 nitrogen and oxygen atoms in total. The number of nitrogens with two attached hydrogens (primary N) is 8. The molecule has 0 spiro atoms. The minimum absolute atomic E-state index is 0.000537. The molecule has 0 unspecified atom stereocenters. The predicted octanol–water partition coefficient (Wildman–Crippen LogP) is -12.7. The largest absolute Gasteiger partial charge is 0.481 e. The van der Waals surface area contributed by atoms with Gasteiger partial charge < -0.3 is 135 Å². The summed E-state index contributed by atoms with van der Waals surface area (Å²) in [6.07, 6.45) is -4.70. The maximum Gasteiger partial charge on any atom is 0.305 e. The van der Waals surface area contributed by atoms with E-state index in [0.717, 1.165) is 34.6 Å². The number of rotatable bonds is 47. The van der Waals surface area contributed by atoms with Crippen LogP contribution >= 0.6 is 0 Å². The molecule has 0 aromatic heterocycles. The summed E-state index contributed by atoms with van der Waals surface area (Å²) in [6.45, 7) is 7.62. The van der Waals surface area contributed by atoms with E-state index < -0.39 is 217 Å². The molecule has 101 heavy (non-hydrogen) atoms. The predicted molar refractivity (Wildman–Crippen MR) is 351 cm³/mol. The van der Waals surface area contributed by atoms with E-state index in [0.29, 0.717) is 0 Å². The Morgan fingerprint density at radius 2 is 0.455 bits per heavy atom. The zero-order valence-corrected chi connectivity index (χ0v) is 56.4. The second-order valence-electron chi connectivity index (χ2n) is 22.7. The highest BCUT2D eigenvalue weighted by Gasteiger charge is 2.36. The number of primary amides is 1. The van der Waals surface area contributed by atoms with Crippen molar-refractivity contribution in [2.75, 3.05) is 19.6 Å². The summed E-state index contributed by atoms with van der Waals surface area (Å²) < 4.78 is 0. The van der Waals surface area contributed by atoms with Gasteiger partial charge in [-0.15, -0.1) is 0 Å². The highest BCUT2D eigenvalue weighted by Crippen LogP contribution is 2.08. The lowest BCUT2D eigenvalue weighted by Crippen LogP contribution is -2.60. The van der Waals surface area contributed by atoms with Gasteiger partial charge in [-0.1, -0.05) is 0 Å². The number of amides is 14. The van der Waals surface area contributed by atoms with E-state index in [4.69, 9.17) is 51.0 Å². The molecule has 0 aliphatic heterocycles. The number of carboxylic acid groups (broad SMARTS) is 4. The van der Waals surface area contributed by atoms with Crippen molar-refractivity contribution in [3.05, 3.63) is 0 Å². The summed E-state index contributed by atoms with van der Waals surface area (Å²) in [5.41, 5.74) is 43.1. The molecule has 0 aromatic rings. The minimum Gasteiger partial charge on any atom is -0.481 e. The average molecular weight is 1440 g/mol. The third-order valence-corrected chi connectivity index (χ3v) is 13.8. The highest BCUT2D eigenvalue weighted by atomic mass is 16.4. The van der Waals surface area contributed by atoms with E-state index in [9.17, 15) is 102 Å². The fourth-order valence-electron chi connectivity index (χ4n) is 8.20. The van der Waals surface area contributed by atoms with Crippen LogP contribution in [0.15, 0.2) is 15.0 Å². The van der Waals surface area contributed by atoms with Gasteiger partial charge in [-0.3, -0.25) is 101 Å². The van der Waals surface area contributed by atoms with E-state index in [1.165, 1.54) is 13.8 Å². The lowest BCUT2D eigenvalue weighted by atomic mass is 10.1. The Labute approximate surface area is 576 Å². The number of carboxylic acids is 4. The van der Waals surface area contributed by atoms with Gasteiger partial charge in [0.05, 0.1) is 31.7 Å². The monoisotopic (exact) mass is 1440 g/mol. The van der Waals surface area contributed by atoms with Crippen LogP contribution in [0, 0.1) is 0 Å². The van der Waals surface area contributed by atoms with Crippen LogP contribution in [-0.4, -0.2) is 249 Å². The molecule has 33 N–H and O–H groups in total. The number of carbonyl (C=O) groups is 18. The SMILES string of the molecule is C[C@H](NC(=O)[C@H](CC(=O)O)NC(=O)[C@H](C)NC(=O)[C@H](CCCN=C(N)N)NC(=O)[C@H](C)NC(=O)[C@H](CC(=O)O)NC(=O)[C@H](C)NC(=O)[C@H](CCCN=C(N)N)NC(=O)[C@H](C)NC(=O)[C@H](CC(=O)O)NC(=O)[C@H](C)NC(=O)[C@H](CCCN=C(N)N)NC(=O)[C@H](C)NC(=O)[C@@H](N)CC(=O)O)C(N)=O. The Morgan fingerprint density at radius 1 is 0.267 bits per heavy atom. The third-order valence-electron chi connectivity index (χ3n) is 13.8. The maximum absolute atomic E-state index is 13.9. The standard InChI is InChI=1S/C55H94N24O22/c1-21(39(57)88)67-50(99)32(18-36(82)83)77-43(92)25(5)69-48(97)30(12-9-15-65-54(60)61)75-41(90)23(3)72-52(101)34(20-38(86)87)79-45(94)27(7)71-49(98)31(13-10-16-66-55(62)63)76-42(91)24(4)73-51(100)33(19-37(84)85)78-44(93)26(6)70-47(96)29(11-8-14-64-53(58)59)74-40(89)22(2)68-46(95)28(56)17-35(80)81/h21-34H,8-20,56H2,1-7H3,(H2,57,88)(H,67,99)(H,68,95)(H,69,97)(H,70,96)(H,71,98)(H,72,101)(H,73,100)(H,74,89)(H,75,90)(H,76,91)(H,77,92)(H,78,93)(H,79,94)(H,80,81)(H,82,83)(H,84,85)(H,86,87)(H4,58,59,64)(H4,60,61,65)(H4,62,63,66)/t21-,22-,23-,24-,25-,26-,27-,28-,29-,30-,31-,32-,33-,34-/m0/s1. The number of aliphatic imine (C=N–C) groups is 3. The quantitative estimate of drug-likeness (QED) is 0.0153. The Hall–Kier alpha value is -11.8. The van der Waals surface area contributed by atoms with Gasteiger partial charge in [-0.2, -0.15) is 0 Å². The van der Waals surface area contributed by atoms with Crippen molar-refractivity contribution in [3.63, 3.8) is 0 Å². The van der Waals surface area contributed by atoms with Crippen LogP contribution in [0.25, 0.3) is 0 Å². The molecule has 46 heteroatoms. The van der Waals surface area contributed by atoms with E-state index in [1.807, 2.05) is 0 Å². The fraction of sp³-hybridized carbons (Fsp3) is 0.618. The van der Waals surface area contributed by atoms with Crippen LogP contribution in [0.4, 0.5) is 0 Å². The smallest absolute Gasteiger partial charge is 0.305 e. The number of carbonyl (C=O) groups excluding carboxylic acids is 14. The molecule has 0 rings (SSSR count). The first-order valence-corrected chi connectivity index (χ1v) is 30.9. The van der Waals surface area contributed by atoms with Gasteiger partial charge >= 0.3 is 23.9 Å². The number of aliphatic carboxylic acids is 4. The molecule has 0 radical (unpaired) electrons. The van der Waals surface area contributed by atoms with Crippen LogP contribution in [0.1, 0.15) is 113 Å². The van der Waals surface area contributed by atoms with Crippen LogP contribution in [0.3, 0.4) is 0 Å². The number of guanidine groups is 3. The molecule has 0 fully saturated rings. The second-order valence-corrected chi connectivity index (χ2v) is 22.7. The van der Waals surface area contributed by atoms with Crippen LogP contribution in [0.5, 0.6) is 0 Å². The summed E-state index contributed by atoms with van der Waals surface area (Å²) >= 11 is 0. The summed E-state index contributed by atoms with van der Waals surface area (Å²) in [5.74, 6) is -22.8. The number of hydrogen-bond acceptors (Lipinski definition) is 22. The Morgan fingerprint density at radius 3 is 0.653 bits per heavy atom. The van der Waals surface area contributed by atoms with Gasteiger partial charge in [0.15, 0.2) is 17.9 Å². The van der Waals surface area contributed by atoms with Gasteiger partial charge in [0.25, 0.3) is 0 Å². The minimum atomic E-state index is -1.99. The Balaban J connectivity index is 6.44. The number of nitrogens with one attached hydrogen (secondary N) is 13. The summed E-state index contributed by atoms with van der Waals surface area (Å²) in [5, 5.41) is 66.8. The van der Waals surface area contributed by atoms with Gasteiger partial charge in [0.1, 0.15) is 78.5 Å². The van der Waals surface area contributed by atoms with Crippen LogP contribution in [-0.2, 0) is 86.3 Å². The van der Waals surface area contributed by atoms with Crippen molar-refractivity contribution in [2.45, 2.75) is 197 Å². The van der Waals surface area contributed by atoms with E-state index in [1.54, 1.807) is 0 Å². The van der Waals surface area contributed by atoms with Crippen molar-refractivity contribution in [1.29, 1.82) is 0 Å². The Bertz CT molecular complexity index is 3100. The zero-order chi connectivity index (χ0) is 77.7.